The third-order valence-electron chi connectivity index (χ3n) is 2.71. The number of hydrogen-bond donors (Lipinski definition) is 2. The monoisotopic (exact) mass is 231 g/mol. The van der Waals surface area contributed by atoms with E-state index in [1.807, 2.05) is 18.2 Å². The summed E-state index contributed by atoms with van der Waals surface area (Å²) in [5, 5.41) is 14.8. The minimum Gasteiger partial charge on any atom is -0.394 e. The first-order valence-corrected chi connectivity index (χ1v) is 5.68. The number of aliphatic hydroxyl groups excluding tert-OH is 1. The average molecular weight is 231 g/mol. The van der Waals surface area contributed by atoms with Crippen LogP contribution in [0.25, 0.3) is 10.8 Å². The van der Waals surface area contributed by atoms with Crippen molar-refractivity contribution in [3.05, 3.63) is 42.5 Å². The Balaban J connectivity index is 2.18. The van der Waals surface area contributed by atoms with Crippen molar-refractivity contribution in [1.82, 2.24) is 0 Å². The number of nitrogens with one attached hydrogen (secondary N) is 1. The van der Waals surface area contributed by atoms with E-state index in [1.165, 1.54) is 10.8 Å². The number of rotatable bonds is 5. The van der Waals surface area contributed by atoms with Gasteiger partial charge < -0.3 is 15.2 Å². The van der Waals surface area contributed by atoms with E-state index in [4.69, 9.17) is 4.74 Å². The minimum atomic E-state index is -0.0684. The van der Waals surface area contributed by atoms with Crippen LogP contribution < -0.4 is 5.32 Å². The van der Waals surface area contributed by atoms with Crippen LogP contribution >= 0.6 is 0 Å². The van der Waals surface area contributed by atoms with Gasteiger partial charge in [-0.15, -0.1) is 0 Å². The SMILES string of the molecule is COCC(CO)Nc1ccc2ccccc2c1. The molecule has 1 unspecified atom stereocenters. The summed E-state index contributed by atoms with van der Waals surface area (Å²) in [6.45, 7) is 0.546. The van der Waals surface area contributed by atoms with E-state index in [1.54, 1.807) is 7.11 Å². The van der Waals surface area contributed by atoms with Crippen LogP contribution in [0.5, 0.6) is 0 Å². The standard InChI is InChI=1S/C14H17NO2/c1-17-10-14(9-16)15-13-7-6-11-4-2-3-5-12(11)8-13/h2-8,14-16H,9-10H2,1H3. The van der Waals surface area contributed by atoms with Crippen LogP contribution in [-0.4, -0.2) is 31.5 Å². The normalized spacial score (nSPS) is 12.6. The molecule has 3 nitrogen and oxygen atoms in total. The Morgan fingerprint density at radius 3 is 2.65 bits per heavy atom. The Kier molecular flexibility index (Phi) is 3.96. The molecule has 0 aliphatic rings. The molecule has 0 aliphatic carbocycles. The Hall–Kier alpha value is -1.58. The summed E-state index contributed by atoms with van der Waals surface area (Å²) in [6, 6.07) is 14.3. The van der Waals surface area contributed by atoms with Gasteiger partial charge in [0.2, 0.25) is 0 Å². The molecular formula is C14H17NO2. The predicted octanol–water partition coefficient (Wildman–Crippen LogP) is 2.26. The van der Waals surface area contributed by atoms with Crippen molar-refractivity contribution in [2.45, 2.75) is 6.04 Å². The van der Waals surface area contributed by atoms with E-state index in [0.29, 0.717) is 6.61 Å². The Bertz CT molecular complexity index is 484. The molecule has 17 heavy (non-hydrogen) atoms. The molecule has 0 aliphatic heterocycles. The van der Waals surface area contributed by atoms with Crippen molar-refractivity contribution in [3.8, 4) is 0 Å². The summed E-state index contributed by atoms with van der Waals surface area (Å²) in [7, 11) is 1.63. The molecule has 0 fully saturated rings. The van der Waals surface area contributed by atoms with Crippen LogP contribution in [0.1, 0.15) is 0 Å². The number of methoxy groups -OCH3 is 1. The summed E-state index contributed by atoms with van der Waals surface area (Å²) < 4.78 is 5.03. The minimum absolute atomic E-state index is 0.0562. The van der Waals surface area contributed by atoms with Gasteiger partial charge in [0.05, 0.1) is 19.3 Å². The maximum absolute atomic E-state index is 9.19. The summed E-state index contributed by atoms with van der Waals surface area (Å²) in [5.74, 6) is 0. The van der Waals surface area contributed by atoms with Crippen LogP contribution in [0.3, 0.4) is 0 Å². The van der Waals surface area contributed by atoms with Crippen LogP contribution in [0, 0.1) is 0 Å². The molecule has 0 saturated heterocycles. The van der Waals surface area contributed by atoms with Gasteiger partial charge in [0.1, 0.15) is 0 Å². The highest BCUT2D eigenvalue weighted by molar-refractivity contribution is 5.85. The largest absolute Gasteiger partial charge is 0.394 e. The molecule has 0 aromatic heterocycles. The zero-order valence-corrected chi connectivity index (χ0v) is 9.89. The van der Waals surface area contributed by atoms with E-state index < -0.39 is 0 Å². The van der Waals surface area contributed by atoms with Gasteiger partial charge in [-0.25, -0.2) is 0 Å². The van der Waals surface area contributed by atoms with Crippen LogP contribution in [-0.2, 0) is 4.74 Å². The van der Waals surface area contributed by atoms with E-state index in [9.17, 15) is 5.11 Å². The first-order chi connectivity index (χ1) is 8.33. The number of hydrogen-bond acceptors (Lipinski definition) is 3. The Morgan fingerprint density at radius 1 is 1.18 bits per heavy atom. The second-order valence-electron chi connectivity index (χ2n) is 4.04. The molecular weight excluding hydrogens is 214 g/mol. The predicted molar refractivity (Wildman–Crippen MR) is 70.3 cm³/mol. The topological polar surface area (TPSA) is 41.5 Å². The summed E-state index contributed by atoms with van der Waals surface area (Å²) in [6.07, 6.45) is 0. The van der Waals surface area contributed by atoms with Gasteiger partial charge in [0.15, 0.2) is 0 Å². The highest BCUT2D eigenvalue weighted by Gasteiger charge is 2.06. The lowest BCUT2D eigenvalue weighted by Gasteiger charge is -2.16. The number of aliphatic hydroxyl groups is 1. The van der Waals surface area contributed by atoms with Crippen molar-refractivity contribution in [2.24, 2.45) is 0 Å². The van der Waals surface area contributed by atoms with Crippen molar-refractivity contribution in [1.29, 1.82) is 0 Å². The second-order valence-corrected chi connectivity index (χ2v) is 4.04. The maximum Gasteiger partial charge on any atom is 0.0725 e. The smallest absolute Gasteiger partial charge is 0.0725 e. The molecule has 3 heteroatoms. The third kappa shape index (κ3) is 2.96. The van der Waals surface area contributed by atoms with Gasteiger partial charge in [-0.2, -0.15) is 0 Å². The first kappa shape index (κ1) is 11.9. The van der Waals surface area contributed by atoms with Gasteiger partial charge in [0, 0.05) is 12.8 Å². The van der Waals surface area contributed by atoms with Gasteiger partial charge in [-0.1, -0.05) is 30.3 Å². The molecule has 2 aromatic carbocycles. The fourth-order valence-electron chi connectivity index (χ4n) is 1.86. The lowest BCUT2D eigenvalue weighted by molar-refractivity contribution is 0.153. The summed E-state index contributed by atoms with van der Waals surface area (Å²) in [4.78, 5) is 0. The Morgan fingerprint density at radius 2 is 1.94 bits per heavy atom. The van der Waals surface area contributed by atoms with Crippen LogP contribution in [0.2, 0.25) is 0 Å². The van der Waals surface area contributed by atoms with Gasteiger partial charge >= 0.3 is 0 Å². The van der Waals surface area contributed by atoms with Crippen molar-refractivity contribution in [3.63, 3.8) is 0 Å². The maximum atomic E-state index is 9.19. The fraction of sp³-hybridized carbons (Fsp3) is 0.286. The second kappa shape index (κ2) is 5.66. The summed E-state index contributed by atoms with van der Waals surface area (Å²) in [5.41, 5.74) is 1.000. The molecule has 2 rings (SSSR count). The van der Waals surface area contributed by atoms with E-state index in [0.717, 1.165) is 5.69 Å². The van der Waals surface area contributed by atoms with Gasteiger partial charge in [-0.05, 0) is 22.9 Å². The lowest BCUT2D eigenvalue weighted by Crippen LogP contribution is -2.28. The highest BCUT2D eigenvalue weighted by Crippen LogP contribution is 2.19. The molecule has 0 amide bonds. The average Bonchev–Trinajstić information content (AvgIpc) is 2.38. The molecule has 0 bridgehead atoms. The molecule has 90 valence electrons. The van der Waals surface area contributed by atoms with Gasteiger partial charge in [-0.3, -0.25) is 0 Å². The highest BCUT2D eigenvalue weighted by atomic mass is 16.5. The van der Waals surface area contributed by atoms with Crippen molar-refractivity contribution < 1.29 is 9.84 Å². The summed E-state index contributed by atoms with van der Waals surface area (Å²) >= 11 is 0. The van der Waals surface area contributed by atoms with E-state index in [-0.39, 0.29) is 12.6 Å². The van der Waals surface area contributed by atoms with Crippen molar-refractivity contribution >= 4 is 16.5 Å². The van der Waals surface area contributed by atoms with Crippen LogP contribution in [0.4, 0.5) is 5.69 Å². The third-order valence-corrected chi connectivity index (χ3v) is 2.71. The number of fused-ring (bicyclic) bond motifs is 1. The molecule has 0 radical (unpaired) electrons. The number of benzene rings is 2. The number of anilines is 1. The zero-order chi connectivity index (χ0) is 12.1. The molecule has 2 N–H and O–H groups in total. The molecule has 1 atom stereocenters. The van der Waals surface area contributed by atoms with Crippen molar-refractivity contribution in [2.75, 3.05) is 25.6 Å². The Labute approximate surface area is 101 Å². The van der Waals surface area contributed by atoms with E-state index in [2.05, 4.69) is 29.6 Å². The van der Waals surface area contributed by atoms with Crippen LogP contribution in [0.15, 0.2) is 42.5 Å². The fourth-order valence-corrected chi connectivity index (χ4v) is 1.86. The molecule has 0 heterocycles. The lowest BCUT2D eigenvalue weighted by atomic mass is 10.1. The molecule has 2 aromatic rings. The first-order valence-electron chi connectivity index (χ1n) is 5.68. The quantitative estimate of drug-likeness (QED) is 0.829. The van der Waals surface area contributed by atoms with Gasteiger partial charge in [0.25, 0.3) is 0 Å². The van der Waals surface area contributed by atoms with E-state index >= 15 is 0 Å². The number of ether oxygens (including phenoxy) is 1. The molecule has 0 saturated carbocycles. The molecule has 0 spiro atoms. The zero-order valence-electron chi connectivity index (χ0n) is 9.89.